The Labute approximate surface area is 125 Å². The maximum atomic E-state index is 13.7. The summed E-state index contributed by atoms with van der Waals surface area (Å²) in [6.45, 7) is 0. The van der Waals surface area contributed by atoms with Crippen LogP contribution in [0.25, 0.3) is 11.0 Å². The summed E-state index contributed by atoms with van der Waals surface area (Å²) in [6.07, 6.45) is 1.34. The van der Waals surface area contributed by atoms with Crippen LogP contribution in [0.3, 0.4) is 0 Å². The number of fused-ring (bicyclic) bond motifs is 1. The first-order chi connectivity index (χ1) is 10.1. The zero-order chi connectivity index (χ0) is 14.8. The zero-order valence-corrected chi connectivity index (χ0v) is 11.6. The fourth-order valence-electron chi connectivity index (χ4n) is 2.02. The first-order valence-corrected chi connectivity index (χ1v) is 6.70. The average Bonchev–Trinajstić information content (AvgIpc) is 2.49. The highest BCUT2D eigenvalue weighted by atomic mass is 35.5. The molecule has 0 aliphatic heterocycles. The molecule has 0 aliphatic rings. The van der Waals surface area contributed by atoms with Crippen molar-refractivity contribution >= 4 is 28.4 Å². The van der Waals surface area contributed by atoms with E-state index in [9.17, 15) is 9.18 Å². The van der Waals surface area contributed by atoms with Gasteiger partial charge in [0.25, 0.3) is 0 Å². The van der Waals surface area contributed by atoms with Gasteiger partial charge in [0.15, 0.2) is 5.78 Å². The Balaban J connectivity index is 1.89. The summed E-state index contributed by atoms with van der Waals surface area (Å²) < 4.78 is 13.7. The van der Waals surface area contributed by atoms with Crippen molar-refractivity contribution in [1.82, 2.24) is 9.97 Å². The predicted octanol–water partition coefficient (Wildman–Crippen LogP) is 3.85. The molecule has 0 unspecified atom stereocenters. The van der Waals surface area contributed by atoms with E-state index in [0.29, 0.717) is 21.6 Å². The van der Waals surface area contributed by atoms with Crippen molar-refractivity contribution in [3.63, 3.8) is 0 Å². The van der Waals surface area contributed by atoms with Crippen LogP contribution < -0.4 is 0 Å². The van der Waals surface area contributed by atoms with Gasteiger partial charge in [0.05, 0.1) is 17.2 Å². The summed E-state index contributed by atoms with van der Waals surface area (Å²) in [5.74, 6) is -0.779. The van der Waals surface area contributed by atoms with E-state index in [0.717, 1.165) is 0 Å². The lowest BCUT2D eigenvalue weighted by Crippen LogP contribution is -2.08. The number of para-hydroxylation sites is 2. The summed E-state index contributed by atoms with van der Waals surface area (Å²) in [4.78, 5) is 20.6. The van der Waals surface area contributed by atoms with Crippen molar-refractivity contribution in [3.8, 4) is 0 Å². The summed E-state index contributed by atoms with van der Waals surface area (Å²) in [6, 6.07) is 11.5. The van der Waals surface area contributed by atoms with Crippen LogP contribution >= 0.6 is 11.6 Å². The summed E-state index contributed by atoms with van der Waals surface area (Å²) in [7, 11) is 0. The first kappa shape index (κ1) is 13.6. The van der Waals surface area contributed by atoms with Gasteiger partial charge >= 0.3 is 0 Å². The van der Waals surface area contributed by atoms with Crippen molar-refractivity contribution in [2.24, 2.45) is 0 Å². The molecule has 3 aromatic rings. The molecule has 0 fully saturated rings. The second-order valence-electron chi connectivity index (χ2n) is 4.58. The molecule has 3 rings (SSSR count). The van der Waals surface area contributed by atoms with Crippen molar-refractivity contribution in [2.45, 2.75) is 6.42 Å². The summed E-state index contributed by atoms with van der Waals surface area (Å²) >= 11 is 5.69. The van der Waals surface area contributed by atoms with Gasteiger partial charge in [0.2, 0.25) is 0 Å². The molecule has 0 bridgehead atoms. The number of hydrogen-bond acceptors (Lipinski definition) is 3. The third-order valence-electron chi connectivity index (χ3n) is 3.10. The standard InChI is InChI=1S/C16H10ClFN2O/c17-11-6-5-10(12(18)8-11)7-16(21)15-9-19-13-3-1-2-4-14(13)20-15/h1-6,8-9H,7H2. The SMILES string of the molecule is O=C(Cc1ccc(Cl)cc1F)c1cnc2ccccc2n1. The molecule has 0 N–H and O–H groups in total. The van der Waals surface area contributed by atoms with Gasteiger partial charge in [-0.1, -0.05) is 29.8 Å². The maximum absolute atomic E-state index is 13.7. The van der Waals surface area contributed by atoms with Gasteiger partial charge in [-0.05, 0) is 29.8 Å². The molecule has 1 heterocycles. The molecular formula is C16H10ClFN2O. The molecule has 0 radical (unpaired) electrons. The Bertz CT molecular complexity index is 835. The van der Waals surface area contributed by atoms with Crippen LogP contribution in [-0.2, 0) is 6.42 Å². The van der Waals surface area contributed by atoms with Crippen LogP contribution in [0.2, 0.25) is 5.02 Å². The minimum absolute atomic E-state index is 0.0734. The predicted molar refractivity (Wildman–Crippen MR) is 79.0 cm³/mol. The van der Waals surface area contributed by atoms with Gasteiger partial charge in [0, 0.05) is 11.4 Å². The van der Waals surface area contributed by atoms with E-state index in [1.54, 1.807) is 12.1 Å². The minimum atomic E-state index is -0.496. The van der Waals surface area contributed by atoms with Gasteiger partial charge in [-0.2, -0.15) is 0 Å². The van der Waals surface area contributed by atoms with Crippen molar-refractivity contribution in [2.75, 3.05) is 0 Å². The van der Waals surface area contributed by atoms with E-state index in [-0.39, 0.29) is 17.9 Å². The lowest BCUT2D eigenvalue weighted by molar-refractivity contribution is 0.0987. The van der Waals surface area contributed by atoms with Crippen LogP contribution in [0.1, 0.15) is 16.1 Å². The molecule has 1 aromatic heterocycles. The first-order valence-electron chi connectivity index (χ1n) is 6.32. The highest BCUT2D eigenvalue weighted by molar-refractivity contribution is 6.30. The number of rotatable bonds is 3. The van der Waals surface area contributed by atoms with E-state index in [1.165, 1.54) is 18.3 Å². The molecule has 0 saturated heterocycles. The number of Topliss-reactive ketones (excluding diaryl/α,β-unsaturated/α-hetero) is 1. The monoisotopic (exact) mass is 300 g/mol. The van der Waals surface area contributed by atoms with Crippen LogP contribution in [-0.4, -0.2) is 15.8 Å². The van der Waals surface area contributed by atoms with Crippen molar-refractivity contribution in [1.29, 1.82) is 0 Å². The molecule has 0 aliphatic carbocycles. The third kappa shape index (κ3) is 2.90. The summed E-state index contributed by atoms with van der Waals surface area (Å²) in [5, 5.41) is 0.300. The highest BCUT2D eigenvalue weighted by Gasteiger charge is 2.13. The summed E-state index contributed by atoms with van der Waals surface area (Å²) in [5.41, 5.74) is 1.87. The fraction of sp³-hybridized carbons (Fsp3) is 0.0625. The lowest BCUT2D eigenvalue weighted by atomic mass is 10.1. The maximum Gasteiger partial charge on any atom is 0.187 e. The number of ketones is 1. The Morgan fingerprint density at radius 1 is 1.14 bits per heavy atom. The topological polar surface area (TPSA) is 42.9 Å². The Morgan fingerprint density at radius 2 is 1.90 bits per heavy atom. The normalized spacial score (nSPS) is 10.8. The Kier molecular flexibility index (Phi) is 3.62. The second kappa shape index (κ2) is 5.58. The Hall–Kier alpha value is -2.33. The van der Waals surface area contributed by atoms with Crippen molar-refractivity contribution in [3.05, 3.63) is 70.8 Å². The van der Waals surface area contributed by atoms with E-state index < -0.39 is 5.82 Å². The van der Waals surface area contributed by atoms with Gasteiger partial charge in [-0.25, -0.2) is 9.37 Å². The van der Waals surface area contributed by atoms with Gasteiger partial charge in [0.1, 0.15) is 11.5 Å². The second-order valence-corrected chi connectivity index (χ2v) is 5.02. The molecule has 0 atom stereocenters. The highest BCUT2D eigenvalue weighted by Crippen LogP contribution is 2.17. The molecule has 0 amide bonds. The van der Waals surface area contributed by atoms with Gasteiger partial charge < -0.3 is 0 Å². The third-order valence-corrected chi connectivity index (χ3v) is 3.34. The number of carbonyl (C=O) groups excluding carboxylic acids is 1. The van der Waals surface area contributed by atoms with Crippen LogP contribution in [0.4, 0.5) is 4.39 Å². The minimum Gasteiger partial charge on any atom is -0.292 e. The number of halogens is 2. The Morgan fingerprint density at radius 3 is 2.67 bits per heavy atom. The quantitative estimate of drug-likeness (QED) is 0.690. The molecule has 2 aromatic carbocycles. The zero-order valence-electron chi connectivity index (χ0n) is 10.9. The largest absolute Gasteiger partial charge is 0.292 e. The molecule has 0 spiro atoms. The van der Waals surface area contributed by atoms with Gasteiger partial charge in [-0.15, -0.1) is 0 Å². The van der Waals surface area contributed by atoms with Crippen molar-refractivity contribution < 1.29 is 9.18 Å². The molecule has 21 heavy (non-hydrogen) atoms. The van der Waals surface area contributed by atoms with Crippen LogP contribution in [0.5, 0.6) is 0 Å². The fourth-order valence-corrected chi connectivity index (χ4v) is 2.18. The molecule has 104 valence electrons. The molecule has 3 nitrogen and oxygen atoms in total. The van der Waals surface area contributed by atoms with E-state index in [4.69, 9.17) is 11.6 Å². The molecular weight excluding hydrogens is 291 g/mol. The number of carbonyl (C=O) groups is 1. The van der Waals surface area contributed by atoms with Crippen LogP contribution in [0.15, 0.2) is 48.7 Å². The average molecular weight is 301 g/mol. The number of nitrogens with zero attached hydrogens (tertiary/aromatic N) is 2. The number of benzene rings is 2. The van der Waals surface area contributed by atoms with Crippen LogP contribution in [0, 0.1) is 5.82 Å². The molecule has 0 saturated carbocycles. The van der Waals surface area contributed by atoms with E-state index in [1.807, 2.05) is 18.2 Å². The lowest BCUT2D eigenvalue weighted by Gasteiger charge is -2.04. The van der Waals surface area contributed by atoms with Gasteiger partial charge in [-0.3, -0.25) is 9.78 Å². The number of hydrogen-bond donors (Lipinski definition) is 0. The number of aromatic nitrogens is 2. The molecule has 5 heteroatoms. The van der Waals surface area contributed by atoms with E-state index >= 15 is 0 Å². The smallest absolute Gasteiger partial charge is 0.187 e. The van der Waals surface area contributed by atoms with E-state index in [2.05, 4.69) is 9.97 Å².